The van der Waals surface area contributed by atoms with E-state index in [0.717, 1.165) is 23.6 Å². The molecular weight excluding hydrogens is 224 g/mol. The van der Waals surface area contributed by atoms with Crippen molar-refractivity contribution in [3.8, 4) is 11.3 Å². The van der Waals surface area contributed by atoms with Crippen molar-refractivity contribution in [3.05, 3.63) is 41.1 Å². The molecule has 1 aromatic heterocycles. The first kappa shape index (κ1) is 12.8. The number of aromatic nitrogens is 1. The van der Waals surface area contributed by atoms with E-state index in [2.05, 4.69) is 56.4 Å². The predicted octanol–water partition coefficient (Wildman–Crippen LogP) is 3.46. The van der Waals surface area contributed by atoms with Gasteiger partial charge in [0.15, 0.2) is 5.76 Å². The third-order valence-electron chi connectivity index (χ3n) is 2.91. The molecule has 0 atom stereocenters. The van der Waals surface area contributed by atoms with Crippen LogP contribution in [0.4, 0.5) is 0 Å². The van der Waals surface area contributed by atoms with E-state index in [1.165, 1.54) is 11.1 Å². The van der Waals surface area contributed by atoms with Crippen LogP contribution in [0.15, 0.2) is 28.8 Å². The van der Waals surface area contributed by atoms with Gasteiger partial charge in [-0.25, -0.2) is 0 Å². The van der Waals surface area contributed by atoms with Crippen LogP contribution in [0.25, 0.3) is 11.3 Å². The second kappa shape index (κ2) is 5.36. The topological polar surface area (TPSA) is 38.1 Å². The summed E-state index contributed by atoms with van der Waals surface area (Å²) in [5.41, 5.74) is 4.51. The third-order valence-corrected chi connectivity index (χ3v) is 2.91. The van der Waals surface area contributed by atoms with Crippen molar-refractivity contribution in [2.45, 2.75) is 40.3 Å². The number of rotatable bonds is 4. The Labute approximate surface area is 108 Å². The lowest BCUT2D eigenvalue weighted by atomic mass is 10.0. The molecule has 0 saturated carbocycles. The first-order chi connectivity index (χ1) is 8.56. The zero-order valence-corrected chi connectivity index (χ0v) is 11.4. The van der Waals surface area contributed by atoms with E-state index in [0.29, 0.717) is 6.04 Å². The van der Waals surface area contributed by atoms with Crippen LogP contribution in [0.3, 0.4) is 0 Å². The van der Waals surface area contributed by atoms with Crippen molar-refractivity contribution in [2.24, 2.45) is 0 Å². The quantitative estimate of drug-likeness (QED) is 0.895. The van der Waals surface area contributed by atoms with Gasteiger partial charge in [-0.2, -0.15) is 0 Å². The molecule has 1 N–H and O–H groups in total. The van der Waals surface area contributed by atoms with Gasteiger partial charge in [0.25, 0.3) is 0 Å². The molecule has 0 unspecified atom stereocenters. The van der Waals surface area contributed by atoms with Crippen LogP contribution in [0.1, 0.15) is 30.7 Å². The molecule has 96 valence electrons. The van der Waals surface area contributed by atoms with Gasteiger partial charge in [0.2, 0.25) is 0 Å². The van der Waals surface area contributed by atoms with E-state index in [1.54, 1.807) is 0 Å². The molecular formula is C15H20N2O. The van der Waals surface area contributed by atoms with Crippen molar-refractivity contribution in [3.63, 3.8) is 0 Å². The van der Waals surface area contributed by atoms with Crippen molar-refractivity contribution >= 4 is 0 Å². The smallest absolute Gasteiger partial charge is 0.167 e. The Morgan fingerprint density at radius 1 is 1.22 bits per heavy atom. The van der Waals surface area contributed by atoms with Crippen LogP contribution < -0.4 is 5.32 Å². The molecule has 0 fully saturated rings. The molecule has 2 rings (SSSR count). The molecule has 3 heteroatoms. The molecule has 0 amide bonds. The predicted molar refractivity (Wildman–Crippen MR) is 73.4 cm³/mol. The van der Waals surface area contributed by atoms with Gasteiger partial charge in [-0.1, -0.05) is 36.7 Å². The summed E-state index contributed by atoms with van der Waals surface area (Å²) in [5.74, 6) is 0.844. The molecule has 1 heterocycles. The van der Waals surface area contributed by atoms with Crippen molar-refractivity contribution in [1.82, 2.24) is 10.5 Å². The van der Waals surface area contributed by atoms with Crippen LogP contribution in [0, 0.1) is 13.8 Å². The van der Waals surface area contributed by atoms with Crippen LogP contribution in [0.5, 0.6) is 0 Å². The zero-order chi connectivity index (χ0) is 13.1. The molecule has 0 aliphatic heterocycles. The molecule has 0 spiro atoms. The lowest BCUT2D eigenvalue weighted by Gasteiger charge is -2.04. The second-order valence-electron chi connectivity index (χ2n) is 5.04. The van der Waals surface area contributed by atoms with E-state index >= 15 is 0 Å². The molecule has 1 aromatic carbocycles. The van der Waals surface area contributed by atoms with Gasteiger partial charge >= 0.3 is 0 Å². The molecule has 18 heavy (non-hydrogen) atoms. The fourth-order valence-corrected chi connectivity index (χ4v) is 1.83. The summed E-state index contributed by atoms with van der Waals surface area (Å²) in [6.07, 6.45) is 0. The fourth-order valence-electron chi connectivity index (χ4n) is 1.83. The fraction of sp³-hybridized carbons (Fsp3) is 0.400. The van der Waals surface area contributed by atoms with E-state index in [-0.39, 0.29) is 0 Å². The lowest BCUT2D eigenvalue weighted by molar-refractivity contribution is 0.417. The summed E-state index contributed by atoms with van der Waals surface area (Å²) < 4.78 is 5.43. The minimum atomic E-state index is 0.450. The number of hydrogen-bond donors (Lipinski definition) is 1. The van der Waals surface area contributed by atoms with Gasteiger partial charge < -0.3 is 9.84 Å². The van der Waals surface area contributed by atoms with Crippen LogP contribution in [-0.4, -0.2) is 11.2 Å². The van der Waals surface area contributed by atoms with Crippen LogP contribution in [0.2, 0.25) is 0 Å². The number of benzene rings is 1. The molecule has 0 saturated heterocycles. The molecule has 0 bridgehead atoms. The minimum Gasteiger partial charge on any atom is -0.356 e. The van der Waals surface area contributed by atoms with Gasteiger partial charge in [0.05, 0.1) is 5.69 Å². The molecule has 3 nitrogen and oxygen atoms in total. The summed E-state index contributed by atoms with van der Waals surface area (Å²) in [4.78, 5) is 0. The first-order valence-corrected chi connectivity index (χ1v) is 6.33. The largest absolute Gasteiger partial charge is 0.356 e. The number of hydrogen-bond acceptors (Lipinski definition) is 3. The maximum atomic E-state index is 5.43. The van der Waals surface area contributed by atoms with Crippen LogP contribution >= 0.6 is 0 Å². The SMILES string of the molecule is Cc1ccc(C)c(-c2cc(CNC(C)C)no2)c1. The van der Waals surface area contributed by atoms with Gasteiger partial charge in [-0.15, -0.1) is 0 Å². The van der Waals surface area contributed by atoms with E-state index in [4.69, 9.17) is 4.52 Å². The summed E-state index contributed by atoms with van der Waals surface area (Å²) >= 11 is 0. The van der Waals surface area contributed by atoms with Gasteiger partial charge in [0.1, 0.15) is 0 Å². The average Bonchev–Trinajstić information content (AvgIpc) is 2.78. The van der Waals surface area contributed by atoms with E-state index in [9.17, 15) is 0 Å². The standard InChI is InChI=1S/C15H20N2O/c1-10(2)16-9-13-8-15(18-17-13)14-7-11(3)5-6-12(14)4/h5-8,10,16H,9H2,1-4H3. The molecule has 0 radical (unpaired) electrons. The Kier molecular flexibility index (Phi) is 3.82. The molecule has 0 aliphatic carbocycles. The highest BCUT2D eigenvalue weighted by molar-refractivity contribution is 5.62. The second-order valence-corrected chi connectivity index (χ2v) is 5.04. The summed E-state index contributed by atoms with van der Waals surface area (Å²) in [6, 6.07) is 8.81. The Bertz CT molecular complexity index is 529. The van der Waals surface area contributed by atoms with E-state index in [1.807, 2.05) is 6.07 Å². The Hall–Kier alpha value is -1.61. The Morgan fingerprint density at radius 2 is 2.00 bits per heavy atom. The van der Waals surface area contributed by atoms with Crippen molar-refractivity contribution in [1.29, 1.82) is 0 Å². The summed E-state index contributed by atoms with van der Waals surface area (Å²) in [6.45, 7) is 9.15. The normalized spacial score (nSPS) is 11.2. The highest BCUT2D eigenvalue weighted by atomic mass is 16.5. The molecule has 2 aromatic rings. The van der Waals surface area contributed by atoms with Crippen LogP contribution in [-0.2, 0) is 6.54 Å². The number of nitrogens with one attached hydrogen (secondary N) is 1. The highest BCUT2D eigenvalue weighted by Crippen LogP contribution is 2.25. The van der Waals surface area contributed by atoms with Crippen molar-refractivity contribution < 1.29 is 4.52 Å². The van der Waals surface area contributed by atoms with E-state index < -0.39 is 0 Å². The zero-order valence-electron chi connectivity index (χ0n) is 11.4. The van der Waals surface area contributed by atoms with Gasteiger partial charge in [0, 0.05) is 24.2 Å². The first-order valence-electron chi connectivity index (χ1n) is 6.33. The minimum absolute atomic E-state index is 0.450. The van der Waals surface area contributed by atoms with Gasteiger partial charge in [-0.3, -0.25) is 0 Å². The summed E-state index contributed by atoms with van der Waals surface area (Å²) in [7, 11) is 0. The Morgan fingerprint density at radius 3 is 2.72 bits per heavy atom. The highest BCUT2D eigenvalue weighted by Gasteiger charge is 2.09. The maximum Gasteiger partial charge on any atom is 0.167 e. The Balaban J connectivity index is 2.21. The third kappa shape index (κ3) is 2.99. The molecule has 0 aliphatic rings. The monoisotopic (exact) mass is 244 g/mol. The maximum absolute atomic E-state index is 5.43. The number of aryl methyl sites for hydroxylation is 2. The van der Waals surface area contributed by atoms with Crippen molar-refractivity contribution in [2.75, 3.05) is 0 Å². The van der Waals surface area contributed by atoms with Gasteiger partial charge in [-0.05, 0) is 25.5 Å². The lowest BCUT2D eigenvalue weighted by Crippen LogP contribution is -2.21. The summed E-state index contributed by atoms with van der Waals surface area (Å²) in [5, 5.41) is 7.43. The average molecular weight is 244 g/mol. The number of nitrogens with zero attached hydrogens (tertiary/aromatic N) is 1.